The third kappa shape index (κ3) is 4.46. The molecule has 1 N–H and O–H groups in total. The topological polar surface area (TPSA) is 71.5 Å². The highest BCUT2D eigenvalue weighted by Crippen LogP contribution is 2.28. The molecule has 2 aromatic heterocycles. The summed E-state index contributed by atoms with van der Waals surface area (Å²) in [6.45, 7) is 1.13. The summed E-state index contributed by atoms with van der Waals surface area (Å²) in [5.41, 5.74) is 0.869. The summed E-state index contributed by atoms with van der Waals surface area (Å²) in [6, 6.07) is 11.4. The van der Waals surface area contributed by atoms with Gasteiger partial charge >= 0.3 is 0 Å². The van der Waals surface area contributed by atoms with E-state index < -0.39 is 0 Å². The van der Waals surface area contributed by atoms with Crippen molar-refractivity contribution in [1.29, 1.82) is 0 Å². The van der Waals surface area contributed by atoms with E-state index in [4.69, 9.17) is 4.74 Å². The molecular formula is C18H19N3O3S2. The maximum atomic E-state index is 12.7. The second kappa shape index (κ2) is 8.88. The van der Waals surface area contributed by atoms with E-state index in [9.17, 15) is 9.59 Å². The van der Waals surface area contributed by atoms with Crippen LogP contribution in [0.1, 0.15) is 16.1 Å². The molecule has 0 saturated carbocycles. The van der Waals surface area contributed by atoms with E-state index in [1.807, 2.05) is 35.7 Å². The van der Waals surface area contributed by atoms with Gasteiger partial charge in [0.15, 0.2) is 5.13 Å². The van der Waals surface area contributed by atoms with Gasteiger partial charge in [0.05, 0.1) is 28.2 Å². The number of aromatic nitrogens is 1. The van der Waals surface area contributed by atoms with Crippen molar-refractivity contribution < 1.29 is 14.3 Å². The molecule has 0 spiro atoms. The summed E-state index contributed by atoms with van der Waals surface area (Å²) in [5, 5.41) is 5.28. The number of anilines is 1. The molecule has 0 radical (unpaired) electrons. The van der Waals surface area contributed by atoms with E-state index >= 15 is 0 Å². The molecule has 0 unspecified atom stereocenters. The number of thiophene rings is 1. The molecule has 2 heterocycles. The molecule has 8 heteroatoms. The minimum Gasteiger partial charge on any atom is -0.383 e. The Balaban J connectivity index is 1.64. The number of methoxy groups -OCH3 is 1. The van der Waals surface area contributed by atoms with Crippen LogP contribution in [0, 0.1) is 0 Å². The summed E-state index contributed by atoms with van der Waals surface area (Å²) in [5.74, 6) is -0.246. The van der Waals surface area contributed by atoms with Crippen LogP contribution in [-0.4, -0.2) is 43.6 Å². The van der Waals surface area contributed by atoms with Crippen molar-refractivity contribution in [1.82, 2.24) is 10.3 Å². The lowest BCUT2D eigenvalue weighted by molar-refractivity contribution is -0.118. The number of hydrogen-bond acceptors (Lipinski definition) is 6. The minimum absolute atomic E-state index is 0.0902. The van der Waals surface area contributed by atoms with Gasteiger partial charge in [0.2, 0.25) is 5.91 Å². The van der Waals surface area contributed by atoms with E-state index in [0.717, 1.165) is 10.2 Å². The highest BCUT2D eigenvalue weighted by Gasteiger charge is 2.19. The van der Waals surface area contributed by atoms with Gasteiger partial charge in [-0.25, -0.2) is 4.98 Å². The van der Waals surface area contributed by atoms with Crippen molar-refractivity contribution in [3.63, 3.8) is 0 Å². The summed E-state index contributed by atoms with van der Waals surface area (Å²) < 4.78 is 6.16. The number of hydrogen-bond donors (Lipinski definition) is 1. The lowest BCUT2D eigenvalue weighted by Gasteiger charge is -2.19. The number of rotatable bonds is 8. The zero-order valence-electron chi connectivity index (χ0n) is 14.3. The maximum Gasteiger partial charge on any atom is 0.261 e. The van der Waals surface area contributed by atoms with Crippen LogP contribution in [0.5, 0.6) is 0 Å². The first kappa shape index (κ1) is 18.5. The molecule has 0 atom stereocenters. The molecule has 2 amide bonds. The quantitative estimate of drug-likeness (QED) is 0.642. The number of nitrogens with one attached hydrogen (secondary N) is 1. The van der Waals surface area contributed by atoms with Crippen molar-refractivity contribution in [2.45, 2.75) is 6.42 Å². The van der Waals surface area contributed by atoms with Crippen LogP contribution in [0.15, 0.2) is 41.8 Å². The standard InChI is InChI=1S/C18H19N3O3S2/c1-24-11-10-21(18-20-13-5-2-3-6-14(13)26-18)16(22)8-9-19-17(23)15-7-4-12-25-15/h2-7,12H,8-11H2,1H3,(H,19,23). The Kier molecular flexibility index (Phi) is 6.32. The number of fused-ring (bicyclic) bond motifs is 1. The second-order valence-corrected chi connectivity index (χ2v) is 7.44. The Hall–Kier alpha value is -2.29. The van der Waals surface area contributed by atoms with Gasteiger partial charge in [0, 0.05) is 20.1 Å². The first-order valence-corrected chi connectivity index (χ1v) is 9.85. The van der Waals surface area contributed by atoms with Gasteiger partial charge in [-0.15, -0.1) is 11.3 Å². The molecular weight excluding hydrogens is 370 g/mol. The summed E-state index contributed by atoms with van der Waals surface area (Å²) in [7, 11) is 1.60. The highest BCUT2D eigenvalue weighted by molar-refractivity contribution is 7.22. The Morgan fingerprint density at radius 1 is 1.23 bits per heavy atom. The number of thiazole rings is 1. The number of para-hydroxylation sites is 1. The largest absolute Gasteiger partial charge is 0.383 e. The van der Waals surface area contributed by atoms with Crippen molar-refractivity contribution >= 4 is 49.8 Å². The Bertz CT molecular complexity index is 844. The van der Waals surface area contributed by atoms with Gasteiger partial charge in [0.25, 0.3) is 5.91 Å². The molecule has 3 aromatic rings. The lowest BCUT2D eigenvalue weighted by atomic mass is 10.3. The van der Waals surface area contributed by atoms with Gasteiger partial charge in [-0.2, -0.15) is 0 Å². The van der Waals surface area contributed by atoms with E-state index in [1.165, 1.54) is 22.7 Å². The van der Waals surface area contributed by atoms with Crippen LogP contribution in [0.25, 0.3) is 10.2 Å². The lowest BCUT2D eigenvalue weighted by Crippen LogP contribution is -2.36. The normalized spacial score (nSPS) is 10.8. The van der Waals surface area contributed by atoms with Crippen molar-refractivity contribution in [3.05, 3.63) is 46.7 Å². The molecule has 0 saturated heterocycles. The zero-order chi connectivity index (χ0) is 18.4. The van der Waals surface area contributed by atoms with Crippen LogP contribution in [0.4, 0.5) is 5.13 Å². The number of amides is 2. The number of benzene rings is 1. The molecule has 26 heavy (non-hydrogen) atoms. The smallest absolute Gasteiger partial charge is 0.261 e. The van der Waals surface area contributed by atoms with E-state index in [0.29, 0.717) is 23.2 Å². The molecule has 0 aliphatic carbocycles. The molecule has 6 nitrogen and oxygen atoms in total. The fraction of sp³-hybridized carbons (Fsp3) is 0.278. The van der Waals surface area contributed by atoms with E-state index in [-0.39, 0.29) is 24.8 Å². The fourth-order valence-electron chi connectivity index (χ4n) is 2.40. The second-order valence-electron chi connectivity index (χ2n) is 5.49. The molecule has 0 aliphatic rings. The first-order valence-electron chi connectivity index (χ1n) is 8.15. The molecule has 0 bridgehead atoms. The Morgan fingerprint density at radius 2 is 2.08 bits per heavy atom. The van der Waals surface area contributed by atoms with Crippen molar-refractivity contribution in [2.75, 3.05) is 31.7 Å². The summed E-state index contributed by atoms with van der Waals surface area (Å²) in [6.07, 6.45) is 0.205. The van der Waals surface area contributed by atoms with Gasteiger partial charge in [-0.1, -0.05) is 29.5 Å². The Morgan fingerprint density at radius 3 is 2.81 bits per heavy atom. The number of carbonyl (C=O) groups is 2. The van der Waals surface area contributed by atoms with Gasteiger partial charge < -0.3 is 10.1 Å². The molecule has 0 aliphatic heterocycles. The monoisotopic (exact) mass is 389 g/mol. The maximum absolute atomic E-state index is 12.7. The van der Waals surface area contributed by atoms with Crippen LogP contribution in [0.3, 0.4) is 0 Å². The van der Waals surface area contributed by atoms with E-state index in [1.54, 1.807) is 18.1 Å². The number of nitrogens with zero attached hydrogens (tertiary/aromatic N) is 2. The summed E-state index contributed by atoms with van der Waals surface area (Å²) >= 11 is 2.85. The average molecular weight is 390 g/mol. The van der Waals surface area contributed by atoms with Crippen LogP contribution < -0.4 is 10.2 Å². The highest BCUT2D eigenvalue weighted by atomic mass is 32.1. The van der Waals surface area contributed by atoms with Crippen molar-refractivity contribution in [3.8, 4) is 0 Å². The number of ether oxygens (including phenoxy) is 1. The first-order chi connectivity index (χ1) is 12.7. The average Bonchev–Trinajstić information content (AvgIpc) is 3.31. The van der Waals surface area contributed by atoms with Crippen LogP contribution in [0.2, 0.25) is 0 Å². The van der Waals surface area contributed by atoms with Crippen molar-refractivity contribution in [2.24, 2.45) is 0 Å². The molecule has 3 rings (SSSR count). The number of carbonyl (C=O) groups excluding carboxylic acids is 2. The summed E-state index contributed by atoms with van der Waals surface area (Å²) in [4.78, 5) is 31.5. The van der Waals surface area contributed by atoms with E-state index in [2.05, 4.69) is 10.3 Å². The molecule has 0 fully saturated rings. The third-order valence-corrected chi connectivity index (χ3v) is 5.63. The fourth-order valence-corrected chi connectivity index (χ4v) is 4.05. The molecule has 1 aromatic carbocycles. The third-order valence-electron chi connectivity index (χ3n) is 3.70. The van der Waals surface area contributed by atoms with Gasteiger partial charge in [-0.05, 0) is 23.6 Å². The predicted molar refractivity (Wildman–Crippen MR) is 105 cm³/mol. The predicted octanol–water partition coefficient (Wildman–Crippen LogP) is 3.16. The van der Waals surface area contributed by atoms with Crippen LogP contribution in [-0.2, 0) is 9.53 Å². The van der Waals surface area contributed by atoms with Gasteiger partial charge in [-0.3, -0.25) is 14.5 Å². The Labute approximate surface area is 159 Å². The minimum atomic E-state index is -0.156. The zero-order valence-corrected chi connectivity index (χ0v) is 15.9. The van der Waals surface area contributed by atoms with Gasteiger partial charge in [0.1, 0.15) is 0 Å². The molecule has 136 valence electrons. The SMILES string of the molecule is COCCN(C(=O)CCNC(=O)c1cccs1)c1nc2ccccc2s1. The van der Waals surface area contributed by atoms with Crippen LogP contribution >= 0.6 is 22.7 Å².